The standard InChI is InChI=1S/C21H30N2O/c1-23(19-12-3-2-4-13-19)16-18-11-7-8-14-20(18)22-21(24)15-17-9-5-6-10-17/h5,7-9,11,14,17,19H,2-4,6,10,12-13,15-16H2,1H3,(H,22,24). The summed E-state index contributed by atoms with van der Waals surface area (Å²) in [5, 5.41) is 3.15. The van der Waals surface area contributed by atoms with Gasteiger partial charge in [-0.1, -0.05) is 49.6 Å². The van der Waals surface area contributed by atoms with Gasteiger partial charge in [-0.15, -0.1) is 0 Å². The van der Waals surface area contributed by atoms with Gasteiger partial charge in [0.05, 0.1) is 0 Å². The SMILES string of the molecule is CN(Cc1ccccc1NC(=O)CC1C=CCC1)C1CCCCC1. The molecule has 1 saturated carbocycles. The highest BCUT2D eigenvalue weighted by molar-refractivity contribution is 5.91. The van der Waals surface area contributed by atoms with Crippen molar-refractivity contribution in [3.63, 3.8) is 0 Å². The van der Waals surface area contributed by atoms with Crippen LogP contribution in [0.15, 0.2) is 36.4 Å². The van der Waals surface area contributed by atoms with Crippen molar-refractivity contribution in [1.29, 1.82) is 0 Å². The van der Waals surface area contributed by atoms with Crippen molar-refractivity contribution in [2.75, 3.05) is 12.4 Å². The number of benzene rings is 1. The molecule has 1 atom stereocenters. The van der Waals surface area contributed by atoms with Crippen LogP contribution in [0, 0.1) is 5.92 Å². The molecule has 0 aliphatic heterocycles. The highest BCUT2D eigenvalue weighted by Crippen LogP contribution is 2.26. The molecule has 3 nitrogen and oxygen atoms in total. The Kier molecular flexibility index (Phi) is 6.08. The molecule has 0 saturated heterocycles. The first-order chi connectivity index (χ1) is 11.7. The summed E-state index contributed by atoms with van der Waals surface area (Å²) in [4.78, 5) is 14.8. The van der Waals surface area contributed by atoms with Gasteiger partial charge in [-0.3, -0.25) is 9.69 Å². The lowest BCUT2D eigenvalue weighted by molar-refractivity contribution is -0.116. The quantitative estimate of drug-likeness (QED) is 0.765. The van der Waals surface area contributed by atoms with Crippen LogP contribution in [0.4, 0.5) is 5.69 Å². The Morgan fingerprint density at radius 2 is 1.96 bits per heavy atom. The molecular weight excluding hydrogens is 296 g/mol. The van der Waals surface area contributed by atoms with Gasteiger partial charge in [0.1, 0.15) is 0 Å². The van der Waals surface area contributed by atoms with Crippen molar-refractivity contribution < 1.29 is 4.79 Å². The van der Waals surface area contributed by atoms with Gasteiger partial charge in [0.15, 0.2) is 0 Å². The molecule has 0 spiro atoms. The van der Waals surface area contributed by atoms with Gasteiger partial charge in [-0.05, 0) is 50.3 Å². The summed E-state index contributed by atoms with van der Waals surface area (Å²) >= 11 is 0. The van der Waals surface area contributed by atoms with E-state index in [-0.39, 0.29) is 5.91 Å². The van der Waals surface area contributed by atoms with Gasteiger partial charge in [0, 0.05) is 24.7 Å². The zero-order valence-electron chi connectivity index (χ0n) is 14.8. The van der Waals surface area contributed by atoms with Gasteiger partial charge >= 0.3 is 0 Å². The van der Waals surface area contributed by atoms with E-state index in [2.05, 4.69) is 41.5 Å². The highest BCUT2D eigenvalue weighted by Gasteiger charge is 2.19. The number of carbonyl (C=O) groups excluding carboxylic acids is 1. The lowest BCUT2D eigenvalue weighted by Crippen LogP contribution is -2.33. The molecule has 130 valence electrons. The first kappa shape index (κ1) is 17.2. The third kappa shape index (κ3) is 4.70. The van der Waals surface area contributed by atoms with Crippen LogP contribution in [0.3, 0.4) is 0 Å². The molecule has 0 aromatic heterocycles. The second-order valence-corrected chi connectivity index (χ2v) is 7.38. The second-order valence-electron chi connectivity index (χ2n) is 7.38. The number of rotatable bonds is 6. The summed E-state index contributed by atoms with van der Waals surface area (Å²) in [7, 11) is 2.22. The van der Waals surface area contributed by atoms with E-state index in [1.54, 1.807) is 0 Å². The average molecular weight is 326 g/mol. The highest BCUT2D eigenvalue weighted by atomic mass is 16.1. The van der Waals surface area contributed by atoms with Crippen LogP contribution in [0.1, 0.15) is 56.9 Å². The van der Waals surface area contributed by atoms with Crippen molar-refractivity contribution in [3.8, 4) is 0 Å². The van der Waals surface area contributed by atoms with E-state index in [4.69, 9.17) is 0 Å². The largest absolute Gasteiger partial charge is 0.326 e. The first-order valence-electron chi connectivity index (χ1n) is 9.47. The van der Waals surface area contributed by atoms with Crippen molar-refractivity contribution in [3.05, 3.63) is 42.0 Å². The normalized spacial score (nSPS) is 21.3. The fraction of sp³-hybridized carbons (Fsp3) is 0.571. The average Bonchev–Trinajstić information content (AvgIpc) is 3.10. The molecule has 2 aliphatic rings. The maximum atomic E-state index is 12.3. The lowest BCUT2D eigenvalue weighted by atomic mass is 9.94. The van der Waals surface area contributed by atoms with Gasteiger partial charge in [-0.2, -0.15) is 0 Å². The minimum absolute atomic E-state index is 0.138. The van der Waals surface area contributed by atoms with E-state index in [0.717, 1.165) is 25.1 Å². The Bertz CT molecular complexity index is 575. The van der Waals surface area contributed by atoms with Crippen molar-refractivity contribution in [1.82, 2.24) is 4.90 Å². The van der Waals surface area contributed by atoms with Crippen LogP contribution in [-0.4, -0.2) is 23.9 Å². The number of hydrogen-bond acceptors (Lipinski definition) is 2. The first-order valence-corrected chi connectivity index (χ1v) is 9.47. The molecule has 24 heavy (non-hydrogen) atoms. The molecule has 0 bridgehead atoms. The smallest absolute Gasteiger partial charge is 0.224 e. The van der Waals surface area contributed by atoms with E-state index < -0.39 is 0 Å². The number of amides is 1. The van der Waals surface area contributed by atoms with Gasteiger partial charge in [-0.25, -0.2) is 0 Å². The van der Waals surface area contributed by atoms with Crippen LogP contribution in [-0.2, 0) is 11.3 Å². The molecule has 1 aromatic carbocycles. The molecular formula is C21H30N2O. The molecule has 0 radical (unpaired) electrons. The van der Waals surface area contributed by atoms with Gasteiger partial charge in [0.25, 0.3) is 0 Å². The molecule has 1 fully saturated rings. The van der Waals surface area contributed by atoms with E-state index in [1.807, 2.05) is 12.1 Å². The predicted octanol–water partition coefficient (Wildman–Crippen LogP) is 4.75. The van der Waals surface area contributed by atoms with Crippen molar-refractivity contribution >= 4 is 11.6 Å². The third-order valence-electron chi connectivity index (χ3n) is 5.47. The second kappa shape index (κ2) is 8.48. The number of anilines is 1. The minimum atomic E-state index is 0.138. The topological polar surface area (TPSA) is 32.3 Å². The van der Waals surface area contributed by atoms with Gasteiger partial charge < -0.3 is 5.32 Å². The Morgan fingerprint density at radius 1 is 1.17 bits per heavy atom. The Hall–Kier alpha value is -1.61. The number of nitrogens with one attached hydrogen (secondary N) is 1. The zero-order valence-corrected chi connectivity index (χ0v) is 14.8. The molecule has 3 rings (SSSR count). The molecule has 1 unspecified atom stereocenters. The monoisotopic (exact) mass is 326 g/mol. The third-order valence-corrected chi connectivity index (χ3v) is 5.47. The van der Waals surface area contributed by atoms with Crippen molar-refractivity contribution in [2.24, 2.45) is 5.92 Å². The van der Waals surface area contributed by atoms with Crippen LogP contribution < -0.4 is 5.32 Å². The summed E-state index contributed by atoms with van der Waals surface area (Å²) < 4.78 is 0. The number of carbonyl (C=O) groups is 1. The molecule has 1 N–H and O–H groups in total. The molecule has 2 aliphatic carbocycles. The molecule has 1 amide bonds. The summed E-state index contributed by atoms with van der Waals surface area (Å²) in [6.45, 7) is 0.907. The molecule has 0 heterocycles. The Morgan fingerprint density at radius 3 is 2.71 bits per heavy atom. The van der Waals surface area contributed by atoms with E-state index in [9.17, 15) is 4.79 Å². The van der Waals surface area contributed by atoms with E-state index >= 15 is 0 Å². The minimum Gasteiger partial charge on any atom is -0.326 e. The predicted molar refractivity (Wildman–Crippen MR) is 99.9 cm³/mol. The lowest BCUT2D eigenvalue weighted by Gasteiger charge is -2.31. The number of hydrogen-bond donors (Lipinski definition) is 1. The summed E-state index contributed by atoms with van der Waals surface area (Å²) in [6.07, 6.45) is 13.9. The Labute approximate surface area is 146 Å². The Balaban J connectivity index is 1.59. The summed E-state index contributed by atoms with van der Waals surface area (Å²) in [6, 6.07) is 8.94. The molecule has 3 heteroatoms. The number of allylic oxidation sites excluding steroid dienone is 2. The number of para-hydroxylation sites is 1. The maximum Gasteiger partial charge on any atom is 0.224 e. The maximum absolute atomic E-state index is 12.3. The van der Waals surface area contributed by atoms with Crippen molar-refractivity contribution in [2.45, 2.75) is 64.0 Å². The fourth-order valence-corrected chi connectivity index (χ4v) is 4.00. The van der Waals surface area contributed by atoms with Crippen LogP contribution in [0.5, 0.6) is 0 Å². The zero-order chi connectivity index (χ0) is 16.8. The number of nitrogens with zero attached hydrogens (tertiary/aromatic N) is 1. The van der Waals surface area contributed by atoms with E-state index in [1.165, 1.54) is 37.7 Å². The summed E-state index contributed by atoms with van der Waals surface area (Å²) in [5.41, 5.74) is 2.20. The molecule has 1 aromatic rings. The van der Waals surface area contributed by atoms with Crippen LogP contribution in [0.2, 0.25) is 0 Å². The van der Waals surface area contributed by atoms with Crippen LogP contribution in [0.25, 0.3) is 0 Å². The summed E-state index contributed by atoms with van der Waals surface area (Å²) in [5.74, 6) is 0.557. The fourth-order valence-electron chi connectivity index (χ4n) is 4.00. The van der Waals surface area contributed by atoms with Gasteiger partial charge in [0.2, 0.25) is 5.91 Å². The van der Waals surface area contributed by atoms with E-state index in [0.29, 0.717) is 18.4 Å². The van der Waals surface area contributed by atoms with Crippen LogP contribution >= 0.6 is 0 Å².